The molecular weight excluding hydrogens is 274 g/mol. The van der Waals surface area contributed by atoms with Gasteiger partial charge in [-0.15, -0.1) is 0 Å². The van der Waals surface area contributed by atoms with Gasteiger partial charge in [0.2, 0.25) is 0 Å². The highest BCUT2D eigenvalue weighted by molar-refractivity contribution is 5.71. The highest BCUT2D eigenvalue weighted by atomic mass is 16.6. The van der Waals surface area contributed by atoms with Crippen molar-refractivity contribution in [2.45, 2.75) is 83.3 Å². The third-order valence-electron chi connectivity index (χ3n) is 4.04. The lowest BCUT2D eigenvalue weighted by Gasteiger charge is -2.39. The van der Waals surface area contributed by atoms with Crippen LogP contribution in [0.2, 0.25) is 0 Å². The minimum absolute atomic E-state index is 0.0905. The zero-order valence-electron chi connectivity index (χ0n) is 13.2. The van der Waals surface area contributed by atoms with Crippen LogP contribution in [0.4, 0.5) is 4.79 Å². The summed E-state index contributed by atoms with van der Waals surface area (Å²) in [5.41, 5.74) is -0.498. The van der Waals surface area contributed by atoms with Gasteiger partial charge in [0.15, 0.2) is 6.10 Å². The lowest BCUT2D eigenvalue weighted by atomic mass is 10.00. The van der Waals surface area contributed by atoms with Crippen LogP contribution in [-0.2, 0) is 14.3 Å². The van der Waals surface area contributed by atoms with Crippen LogP contribution in [0.25, 0.3) is 0 Å². The Morgan fingerprint density at radius 1 is 1.19 bits per heavy atom. The predicted octanol–water partition coefficient (Wildman–Crippen LogP) is 2.41. The lowest BCUT2D eigenvalue weighted by Crippen LogP contribution is -2.50. The normalized spacial score (nSPS) is 30.1. The van der Waals surface area contributed by atoms with Gasteiger partial charge in [0.05, 0.1) is 6.10 Å². The van der Waals surface area contributed by atoms with Gasteiger partial charge in [-0.1, -0.05) is 0 Å². The van der Waals surface area contributed by atoms with Crippen molar-refractivity contribution in [3.8, 4) is 0 Å². The van der Waals surface area contributed by atoms with Crippen LogP contribution in [0.5, 0.6) is 0 Å². The number of nitrogens with zero attached hydrogens (tertiary/aromatic N) is 1. The van der Waals surface area contributed by atoms with Gasteiger partial charge in [0.25, 0.3) is 0 Å². The van der Waals surface area contributed by atoms with Gasteiger partial charge in [0.1, 0.15) is 5.60 Å². The van der Waals surface area contributed by atoms with Gasteiger partial charge < -0.3 is 19.5 Å². The molecule has 3 atom stereocenters. The zero-order valence-corrected chi connectivity index (χ0v) is 13.2. The molecule has 0 saturated carbocycles. The first-order valence-electron chi connectivity index (χ1n) is 7.57. The van der Waals surface area contributed by atoms with E-state index in [9.17, 15) is 9.59 Å². The minimum Gasteiger partial charge on any atom is -0.479 e. The lowest BCUT2D eigenvalue weighted by molar-refractivity contribution is -0.155. The van der Waals surface area contributed by atoms with Gasteiger partial charge in [-0.05, 0) is 53.4 Å². The fourth-order valence-corrected chi connectivity index (χ4v) is 3.20. The largest absolute Gasteiger partial charge is 0.479 e. The molecule has 120 valence electrons. The van der Waals surface area contributed by atoms with Crippen LogP contribution in [0.1, 0.15) is 53.4 Å². The van der Waals surface area contributed by atoms with Crippen LogP contribution in [0, 0.1) is 0 Å². The average molecular weight is 299 g/mol. The van der Waals surface area contributed by atoms with Crippen molar-refractivity contribution in [2.75, 3.05) is 0 Å². The Morgan fingerprint density at radius 3 is 2.14 bits per heavy atom. The van der Waals surface area contributed by atoms with E-state index in [1.54, 1.807) is 6.92 Å². The maximum absolute atomic E-state index is 12.3. The topological polar surface area (TPSA) is 76.1 Å². The van der Waals surface area contributed by atoms with Crippen LogP contribution < -0.4 is 0 Å². The quantitative estimate of drug-likeness (QED) is 0.866. The number of rotatable bonds is 3. The summed E-state index contributed by atoms with van der Waals surface area (Å²) < 4.78 is 11.0. The van der Waals surface area contributed by atoms with Crippen LogP contribution >= 0.6 is 0 Å². The summed E-state index contributed by atoms with van der Waals surface area (Å²) in [6.07, 6.45) is 2.09. The summed E-state index contributed by atoms with van der Waals surface area (Å²) >= 11 is 0. The number of carbonyl (C=O) groups is 2. The smallest absolute Gasteiger partial charge is 0.410 e. The van der Waals surface area contributed by atoms with Gasteiger partial charge in [0, 0.05) is 12.1 Å². The summed E-state index contributed by atoms with van der Waals surface area (Å²) in [6.45, 7) is 7.12. The standard InChI is InChI=1S/C15H25NO5/c1-9(13(17)18)20-12-7-10-5-6-11(8-12)16(10)14(19)21-15(2,3)4/h9-12H,5-8H2,1-4H3,(H,17,18)/t9-,10?,11?,12?/m1/s1. The maximum Gasteiger partial charge on any atom is 0.410 e. The molecule has 0 aromatic heterocycles. The Labute approximate surface area is 125 Å². The van der Waals surface area contributed by atoms with Gasteiger partial charge in [-0.2, -0.15) is 0 Å². The van der Waals surface area contributed by atoms with E-state index in [0.717, 1.165) is 12.8 Å². The Kier molecular flexibility index (Phi) is 4.46. The van der Waals surface area contributed by atoms with E-state index in [0.29, 0.717) is 12.8 Å². The summed E-state index contributed by atoms with van der Waals surface area (Å²) in [5.74, 6) is -0.947. The second-order valence-corrected chi connectivity index (χ2v) is 6.98. The number of piperidine rings is 1. The third kappa shape index (κ3) is 3.87. The molecule has 2 unspecified atom stereocenters. The summed E-state index contributed by atoms with van der Waals surface area (Å²) in [5, 5.41) is 8.92. The molecule has 0 aromatic carbocycles. The number of hydrogen-bond acceptors (Lipinski definition) is 4. The molecule has 0 radical (unpaired) electrons. The molecule has 2 bridgehead atoms. The molecule has 2 aliphatic heterocycles. The number of hydrogen-bond donors (Lipinski definition) is 1. The number of fused-ring (bicyclic) bond motifs is 2. The molecule has 6 nitrogen and oxygen atoms in total. The van der Waals surface area contributed by atoms with Crippen molar-refractivity contribution in [1.29, 1.82) is 0 Å². The SMILES string of the molecule is C[C@@H](OC1CC2CCC(C1)N2C(=O)OC(C)(C)C)C(=O)O. The first-order valence-corrected chi connectivity index (χ1v) is 7.57. The second-order valence-electron chi connectivity index (χ2n) is 6.98. The van der Waals surface area contributed by atoms with E-state index < -0.39 is 17.7 Å². The molecule has 2 heterocycles. The number of ether oxygens (including phenoxy) is 2. The highest BCUT2D eigenvalue weighted by Gasteiger charge is 2.45. The van der Waals surface area contributed by atoms with E-state index in [-0.39, 0.29) is 24.3 Å². The van der Waals surface area contributed by atoms with Crippen LogP contribution in [0.3, 0.4) is 0 Å². The average Bonchev–Trinajstić information content (AvgIpc) is 2.59. The second kappa shape index (κ2) is 5.83. The molecule has 0 aliphatic carbocycles. The number of aliphatic carboxylic acids is 1. The van der Waals surface area contributed by atoms with E-state index in [4.69, 9.17) is 14.6 Å². The molecule has 0 spiro atoms. The van der Waals surface area contributed by atoms with Crippen molar-refractivity contribution in [1.82, 2.24) is 4.90 Å². The molecule has 2 fully saturated rings. The summed E-state index contributed by atoms with van der Waals surface area (Å²) in [7, 11) is 0. The fourth-order valence-electron chi connectivity index (χ4n) is 3.20. The molecule has 6 heteroatoms. The molecular formula is C15H25NO5. The van der Waals surface area contributed by atoms with Crippen molar-refractivity contribution >= 4 is 12.1 Å². The third-order valence-corrected chi connectivity index (χ3v) is 4.04. The number of carbonyl (C=O) groups excluding carboxylic acids is 1. The molecule has 21 heavy (non-hydrogen) atoms. The van der Waals surface area contributed by atoms with Crippen LogP contribution in [-0.4, -0.2) is 52.0 Å². The fraction of sp³-hybridized carbons (Fsp3) is 0.867. The van der Waals surface area contributed by atoms with Gasteiger partial charge >= 0.3 is 12.1 Å². The Bertz CT molecular complexity index is 403. The number of carboxylic acids is 1. The highest BCUT2D eigenvalue weighted by Crippen LogP contribution is 2.38. The van der Waals surface area contributed by atoms with Crippen molar-refractivity contribution < 1.29 is 24.2 Å². The maximum atomic E-state index is 12.3. The van der Waals surface area contributed by atoms with Crippen LogP contribution in [0.15, 0.2) is 0 Å². The first-order chi connectivity index (χ1) is 9.67. The minimum atomic E-state index is -0.947. The van der Waals surface area contributed by atoms with Gasteiger partial charge in [-0.3, -0.25) is 0 Å². The molecule has 2 saturated heterocycles. The van der Waals surface area contributed by atoms with E-state index >= 15 is 0 Å². The Morgan fingerprint density at radius 2 is 1.71 bits per heavy atom. The zero-order chi connectivity index (χ0) is 15.8. The van der Waals surface area contributed by atoms with Gasteiger partial charge in [-0.25, -0.2) is 9.59 Å². The molecule has 2 aliphatic rings. The monoisotopic (exact) mass is 299 g/mol. The molecule has 2 rings (SSSR count). The molecule has 1 N–H and O–H groups in total. The summed E-state index contributed by atoms with van der Waals surface area (Å²) in [4.78, 5) is 25.0. The molecule has 1 amide bonds. The van der Waals surface area contributed by atoms with Crippen molar-refractivity contribution in [3.05, 3.63) is 0 Å². The van der Waals surface area contributed by atoms with E-state index in [2.05, 4.69) is 0 Å². The Balaban J connectivity index is 1.96. The van der Waals surface area contributed by atoms with Crippen molar-refractivity contribution in [2.24, 2.45) is 0 Å². The predicted molar refractivity (Wildman–Crippen MR) is 76.1 cm³/mol. The Hall–Kier alpha value is -1.30. The number of carboxylic acid groups (broad SMARTS) is 1. The molecule has 0 aromatic rings. The number of amides is 1. The van der Waals surface area contributed by atoms with Crippen molar-refractivity contribution in [3.63, 3.8) is 0 Å². The first kappa shape index (κ1) is 16.1. The van der Waals surface area contributed by atoms with E-state index in [1.165, 1.54) is 0 Å². The van der Waals surface area contributed by atoms with E-state index in [1.807, 2.05) is 25.7 Å². The summed E-state index contributed by atoms with van der Waals surface area (Å²) in [6, 6.07) is 0.203.